The Bertz CT molecular complexity index is 840. The Kier molecular flexibility index (Phi) is 3.54. The van der Waals surface area contributed by atoms with Crippen molar-refractivity contribution in [2.24, 2.45) is 0 Å². The third-order valence-corrected chi connectivity index (χ3v) is 3.36. The molecule has 106 valence electrons. The summed E-state index contributed by atoms with van der Waals surface area (Å²) in [7, 11) is 1.57. The summed E-state index contributed by atoms with van der Waals surface area (Å²) in [6.07, 6.45) is 1.40. The summed E-state index contributed by atoms with van der Waals surface area (Å²) in [5.74, 6) is 0.643. The summed E-state index contributed by atoms with van der Waals surface area (Å²) in [5, 5.41) is 4.16. The van der Waals surface area contributed by atoms with Crippen LogP contribution in [-0.2, 0) is 0 Å². The number of benzene rings is 2. The van der Waals surface area contributed by atoms with E-state index in [1.54, 1.807) is 49.6 Å². The summed E-state index contributed by atoms with van der Waals surface area (Å²) >= 11 is 5.83. The Hall–Kier alpha value is -2.46. The van der Waals surface area contributed by atoms with Crippen molar-refractivity contribution in [3.05, 3.63) is 64.0 Å². The Labute approximate surface area is 125 Å². The predicted molar refractivity (Wildman–Crippen MR) is 83.8 cm³/mol. The van der Waals surface area contributed by atoms with Crippen molar-refractivity contribution in [3.8, 4) is 5.75 Å². The second kappa shape index (κ2) is 5.50. The zero-order valence-corrected chi connectivity index (χ0v) is 12.0. The van der Waals surface area contributed by atoms with Gasteiger partial charge < -0.3 is 14.5 Å². The number of halogens is 1. The average molecular weight is 302 g/mol. The molecule has 0 fully saturated rings. The number of hydrogen-bond donors (Lipinski definition) is 1. The molecule has 4 nitrogen and oxygen atoms in total. The van der Waals surface area contributed by atoms with E-state index in [4.69, 9.17) is 20.8 Å². The molecule has 0 saturated heterocycles. The largest absolute Gasteiger partial charge is 0.497 e. The minimum absolute atomic E-state index is 0.131. The monoisotopic (exact) mass is 301 g/mol. The second-order valence-electron chi connectivity index (χ2n) is 4.47. The summed E-state index contributed by atoms with van der Waals surface area (Å²) in [6, 6.07) is 12.2. The molecule has 3 rings (SSSR count). The lowest BCUT2D eigenvalue weighted by molar-refractivity contribution is 0.414. The molecule has 21 heavy (non-hydrogen) atoms. The molecule has 0 unspecified atom stereocenters. The lowest BCUT2D eigenvalue weighted by atomic mass is 10.2. The molecular weight excluding hydrogens is 290 g/mol. The zero-order valence-electron chi connectivity index (χ0n) is 11.2. The smallest absolute Gasteiger partial charge is 0.216 e. The first-order chi connectivity index (χ1) is 10.2. The second-order valence-corrected chi connectivity index (χ2v) is 4.91. The molecule has 1 N–H and O–H groups in total. The Morgan fingerprint density at radius 2 is 1.90 bits per heavy atom. The van der Waals surface area contributed by atoms with E-state index in [-0.39, 0.29) is 5.43 Å². The van der Waals surface area contributed by atoms with E-state index in [1.165, 1.54) is 6.26 Å². The van der Waals surface area contributed by atoms with Crippen LogP contribution in [0.5, 0.6) is 5.75 Å². The van der Waals surface area contributed by atoms with Gasteiger partial charge in [-0.15, -0.1) is 0 Å². The van der Waals surface area contributed by atoms with Crippen LogP contribution in [0.15, 0.2) is 57.9 Å². The van der Waals surface area contributed by atoms with E-state index < -0.39 is 0 Å². The first-order valence-corrected chi connectivity index (χ1v) is 6.67. The number of hydrogen-bond acceptors (Lipinski definition) is 4. The number of fused-ring (bicyclic) bond motifs is 1. The van der Waals surface area contributed by atoms with Gasteiger partial charge in [-0.3, -0.25) is 4.79 Å². The van der Waals surface area contributed by atoms with Crippen molar-refractivity contribution in [3.63, 3.8) is 0 Å². The average Bonchev–Trinajstić information content (AvgIpc) is 2.52. The summed E-state index contributed by atoms with van der Waals surface area (Å²) in [4.78, 5) is 12.4. The van der Waals surface area contributed by atoms with E-state index in [2.05, 4.69) is 5.32 Å². The topological polar surface area (TPSA) is 51.5 Å². The van der Waals surface area contributed by atoms with Crippen molar-refractivity contribution < 1.29 is 9.15 Å². The van der Waals surface area contributed by atoms with Crippen LogP contribution in [0, 0.1) is 0 Å². The summed E-state index contributed by atoms with van der Waals surface area (Å²) < 4.78 is 10.6. The molecule has 1 heterocycles. The highest BCUT2D eigenvalue weighted by Crippen LogP contribution is 2.22. The number of rotatable bonds is 3. The Morgan fingerprint density at radius 3 is 2.62 bits per heavy atom. The SMILES string of the molecule is COc1ccc2c(=O)c(Nc3ccc(Cl)cc3)coc2c1. The van der Waals surface area contributed by atoms with Gasteiger partial charge >= 0.3 is 0 Å². The van der Waals surface area contributed by atoms with Crippen molar-refractivity contribution >= 4 is 33.9 Å². The Balaban J connectivity index is 2.02. The lowest BCUT2D eigenvalue weighted by Gasteiger charge is -2.07. The molecule has 0 radical (unpaired) electrons. The van der Waals surface area contributed by atoms with Crippen LogP contribution < -0.4 is 15.5 Å². The molecule has 0 atom stereocenters. The van der Waals surface area contributed by atoms with E-state index in [0.29, 0.717) is 27.4 Å². The van der Waals surface area contributed by atoms with Crippen molar-refractivity contribution in [2.45, 2.75) is 0 Å². The van der Waals surface area contributed by atoms with Gasteiger partial charge in [-0.25, -0.2) is 0 Å². The minimum atomic E-state index is -0.131. The van der Waals surface area contributed by atoms with Crippen LogP contribution in [0.3, 0.4) is 0 Å². The molecule has 0 saturated carbocycles. The highest BCUT2D eigenvalue weighted by atomic mass is 35.5. The van der Waals surface area contributed by atoms with Gasteiger partial charge in [-0.1, -0.05) is 11.6 Å². The van der Waals surface area contributed by atoms with Gasteiger partial charge in [-0.05, 0) is 36.4 Å². The number of nitrogens with one attached hydrogen (secondary N) is 1. The number of ether oxygens (including phenoxy) is 1. The fourth-order valence-electron chi connectivity index (χ4n) is 2.01. The molecule has 0 aliphatic heterocycles. The lowest BCUT2D eigenvalue weighted by Crippen LogP contribution is -2.07. The fraction of sp³-hybridized carbons (Fsp3) is 0.0625. The van der Waals surface area contributed by atoms with E-state index in [1.807, 2.05) is 0 Å². The van der Waals surface area contributed by atoms with Crippen molar-refractivity contribution in [1.82, 2.24) is 0 Å². The first kappa shape index (κ1) is 13.5. The molecule has 0 aliphatic carbocycles. The van der Waals surface area contributed by atoms with Gasteiger partial charge in [0.05, 0.1) is 12.5 Å². The predicted octanol–water partition coefficient (Wildman–Crippen LogP) is 4.20. The molecule has 0 amide bonds. The third-order valence-electron chi connectivity index (χ3n) is 3.11. The van der Waals surface area contributed by atoms with Gasteiger partial charge in [0.15, 0.2) is 0 Å². The highest BCUT2D eigenvalue weighted by Gasteiger charge is 2.08. The van der Waals surface area contributed by atoms with E-state index in [0.717, 1.165) is 5.69 Å². The maximum atomic E-state index is 12.4. The van der Waals surface area contributed by atoms with Crippen LogP contribution in [0.25, 0.3) is 11.0 Å². The number of methoxy groups -OCH3 is 1. The fourth-order valence-corrected chi connectivity index (χ4v) is 2.14. The van der Waals surface area contributed by atoms with Crippen LogP contribution in [0.1, 0.15) is 0 Å². The van der Waals surface area contributed by atoms with E-state index in [9.17, 15) is 4.79 Å². The standard InChI is InChI=1S/C16H12ClNO3/c1-20-12-6-7-13-15(8-12)21-9-14(16(13)19)18-11-4-2-10(17)3-5-11/h2-9,18H,1H3. The molecule has 5 heteroatoms. The number of anilines is 2. The molecule has 0 aliphatic rings. The summed E-state index contributed by atoms with van der Waals surface area (Å²) in [5.41, 5.74) is 1.49. The molecule has 0 spiro atoms. The van der Waals surface area contributed by atoms with Crippen LogP contribution >= 0.6 is 11.6 Å². The van der Waals surface area contributed by atoms with Gasteiger partial charge in [-0.2, -0.15) is 0 Å². The minimum Gasteiger partial charge on any atom is -0.497 e. The normalized spacial score (nSPS) is 10.6. The molecule has 1 aromatic heterocycles. The Morgan fingerprint density at radius 1 is 1.14 bits per heavy atom. The summed E-state index contributed by atoms with van der Waals surface area (Å²) in [6.45, 7) is 0. The maximum Gasteiger partial charge on any atom is 0.216 e. The van der Waals surface area contributed by atoms with Crippen molar-refractivity contribution in [2.75, 3.05) is 12.4 Å². The maximum absolute atomic E-state index is 12.4. The first-order valence-electron chi connectivity index (χ1n) is 6.29. The van der Waals surface area contributed by atoms with Crippen molar-refractivity contribution in [1.29, 1.82) is 0 Å². The molecule has 3 aromatic rings. The van der Waals surface area contributed by atoms with Gasteiger partial charge in [0.1, 0.15) is 23.3 Å². The van der Waals surface area contributed by atoms with Gasteiger partial charge in [0.25, 0.3) is 0 Å². The van der Waals surface area contributed by atoms with Crippen LogP contribution in [0.4, 0.5) is 11.4 Å². The third kappa shape index (κ3) is 2.71. The van der Waals surface area contributed by atoms with Gasteiger partial charge in [0.2, 0.25) is 5.43 Å². The quantitative estimate of drug-likeness (QED) is 0.788. The van der Waals surface area contributed by atoms with E-state index >= 15 is 0 Å². The van der Waals surface area contributed by atoms with Crippen LogP contribution in [-0.4, -0.2) is 7.11 Å². The molecule has 2 aromatic carbocycles. The van der Waals surface area contributed by atoms with Gasteiger partial charge in [0, 0.05) is 16.8 Å². The molecule has 0 bridgehead atoms. The zero-order chi connectivity index (χ0) is 14.8. The van der Waals surface area contributed by atoms with Crippen LogP contribution in [0.2, 0.25) is 5.02 Å². The highest BCUT2D eigenvalue weighted by molar-refractivity contribution is 6.30. The molecular formula is C16H12ClNO3.